The first-order chi connectivity index (χ1) is 7.65. The summed E-state index contributed by atoms with van der Waals surface area (Å²) < 4.78 is 0.580. The van der Waals surface area contributed by atoms with Crippen LogP contribution in [0.15, 0.2) is 22.9 Å². The zero-order valence-corrected chi connectivity index (χ0v) is 11.1. The van der Waals surface area contributed by atoms with Crippen molar-refractivity contribution in [1.82, 2.24) is 15.2 Å². The molecule has 0 saturated carbocycles. The van der Waals surface area contributed by atoms with Gasteiger partial charge in [-0.2, -0.15) is 0 Å². The molecule has 1 rings (SSSR count). The molecule has 0 aliphatic heterocycles. The van der Waals surface area contributed by atoms with Crippen molar-refractivity contribution in [3.8, 4) is 0 Å². The number of carbonyl (C=O) groups is 1. The highest BCUT2D eigenvalue weighted by atomic mass is 79.9. The van der Waals surface area contributed by atoms with Crippen LogP contribution in [0.2, 0.25) is 0 Å². The standard InChI is InChI=1S/C11H16BrN3O/c1-3-15(2)8-7-14-11(16)9-5-4-6-13-10(9)12/h4-6H,3,7-8H2,1-2H3,(H,14,16). The van der Waals surface area contributed by atoms with E-state index in [0.29, 0.717) is 16.7 Å². The fourth-order valence-electron chi connectivity index (χ4n) is 1.17. The summed E-state index contributed by atoms with van der Waals surface area (Å²) in [6.45, 7) is 4.55. The van der Waals surface area contributed by atoms with Crippen molar-refractivity contribution in [1.29, 1.82) is 0 Å². The number of carbonyl (C=O) groups excluding carboxylic acids is 1. The third-order valence-corrected chi connectivity index (χ3v) is 2.95. The second-order valence-electron chi connectivity index (χ2n) is 3.49. The number of hydrogen-bond acceptors (Lipinski definition) is 3. The molecular formula is C11H16BrN3O. The molecule has 0 unspecified atom stereocenters. The van der Waals surface area contributed by atoms with Gasteiger partial charge in [0.2, 0.25) is 0 Å². The number of halogens is 1. The summed E-state index contributed by atoms with van der Waals surface area (Å²) >= 11 is 3.25. The van der Waals surface area contributed by atoms with Gasteiger partial charge in [-0.05, 0) is 41.7 Å². The number of pyridine rings is 1. The number of aromatic nitrogens is 1. The Morgan fingerprint density at radius 2 is 2.38 bits per heavy atom. The fraction of sp³-hybridized carbons (Fsp3) is 0.455. The van der Waals surface area contributed by atoms with E-state index >= 15 is 0 Å². The van der Waals surface area contributed by atoms with Gasteiger partial charge in [-0.3, -0.25) is 4.79 Å². The van der Waals surface area contributed by atoms with Crippen molar-refractivity contribution in [2.45, 2.75) is 6.92 Å². The average Bonchev–Trinajstić information content (AvgIpc) is 2.29. The first kappa shape index (κ1) is 13.1. The molecule has 0 atom stereocenters. The van der Waals surface area contributed by atoms with Crippen LogP contribution >= 0.6 is 15.9 Å². The minimum atomic E-state index is -0.0931. The summed E-state index contributed by atoms with van der Waals surface area (Å²) in [4.78, 5) is 17.9. The van der Waals surface area contributed by atoms with Gasteiger partial charge in [-0.1, -0.05) is 6.92 Å². The predicted octanol–water partition coefficient (Wildman–Crippen LogP) is 1.53. The molecule has 0 aliphatic rings. The second kappa shape index (κ2) is 6.60. The Labute approximate surface area is 104 Å². The lowest BCUT2D eigenvalue weighted by Crippen LogP contribution is -2.33. The molecule has 5 heteroatoms. The number of amides is 1. The Morgan fingerprint density at radius 3 is 3.00 bits per heavy atom. The van der Waals surface area contributed by atoms with Gasteiger partial charge in [0.15, 0.2) is 0 Å². The van der Waals surface area contributed by atoms with Crippen LogP contribution in [-0.2, 0) is 0 Å². The van der Waals surface area contributed by atoms with Crippen molar-refractivity contribution in [2.24, 2.45) is 0 Å². The summed E-state index contributed by atoms with van der Waals surface area (Å²) in [7, 11) is 2.02. The third-order valence-electron chi connectivity index (χ3n) is 2.32. The maximum atomic E-state index is 11.7. The quantitative estimate of drug-likeness (QED) is 0.835. The summed E-state index contributed by atoms with van der Waals surface area (Å²) in [5.74, 6) is -0.0931. The minimum absolute atomic E-state index is 0.0931. The van der Waals surface area contributed by atoms with E-state index in [0.717, 1.165) is 13.1 Å². The highest BCUT2D eigenvalue weighted by Crippen LogP contribution is 2.11. The molecule has 1 aromatic heterocycles. The minimum Gasteiger partial charge on any atom is -0.351 e. The molecule has 1 N–H and O–H groups in total. The number of nitrogens with zero attached hydrogens (tertiary/aromatic N) is 2. The van der Waals surface area contributed by atoms with Crippen LogP contribution in [0.25, 0.3) is 0 Å². The molecule has 1 aromatic rings. The number of likely N-dealkylation sites (N-methyl/N-ethyl adjacent to an activating group) is 1. The van der Waals surface area contributed by atoms with E-state index < -0.39 is 0 Å². The van der Waals surface area contributed by atoms with Crippen LogP contribution < -0.4 is 5.32 Å². The van der Waals surface area contributed by atoms with Crippen molar-refractivity contribution >= 4 is 21.8 Å². The molecule has 0 spiro atoms. The van der Waals surface area contributed by atoms with Gasteiger partial charge in [-0.25, -0.2) is 4.98 Å². The molecular weight excluding hydrogens is 270 g/mol. The summed E-state index contributed by atoms with van der Waals surface area (Å²) in [6.07, 6.45) is 1.64. The van der Waals surface area contributed by atoms with E-state index in [-0.39, 0.29) is 5.91 Å². The Morgan fingerprint density at radius 1 is 1.62 bits per heavy atom. The molecule has 0 fully saturated rings. The van der Waals surface area contributed by atoms with E-state index in [1.165, 1.54) is 0 Å². The summed E-state index contributed by atoms with van der Waals surface area (Å²) in [5.41, 5.74) is 0.571. The fourth-order valence-corrected chi connectivity index (χ4v) is 1.60. The van der Waals surface area contributed by atoms with Gasteiger partial charge in [0.25, 0.3) is 5.91 Å². The molecule has 4 nitrogen and oxygen atoms in total. The lowest BCUT2D eigenvalue weighted by atomic mass is 10.3. The van der Waals surface area contributed by atoms with Crippen LogP contribution in [0.5, 0.6) is 0 Å². The van der Waals surface area contributed by atoms with Crippen LogP contribution in [0, 0.1) is 0 Å². The van der Waals surface area contributed by atoms with Crippen LogP contribution in [0.4, 0.5) is 0 Å². The number of rotatable bonds is 5. The molecule has 16 heavy (non-hydrogen) atoms. The van der Waals surface area contributed by atoms with E-state index in [2.05, 4.69) is 38.1 Å². The van der Waals surface area contributed by atoms with Gasteiger partial charge < -0.3 is 10.2 Å². The van der Waals surface area contributed by atoms with Crippen LogP contribution in [0.3, 0.4) is 0 Å². The van der Waals surface area contributed by atoms with Gasteiger partial charge in [0, 0.05) is 19.3 Å². The lowest BCUT2D eigenvalue weighted by Gasteiger charge is -2.14. The lowest BCUT2D eigenvalue weighted by molar-refractivity contribution is 0.0949. The van der Waals surface area contributed by atoms with Gasteiger partial charge in [-0.15, -0.1) is 0 Å². The highest BCUT2D eigenvalue weighted by Gasteiger charge is 2.09. The predicted molar refractivity (Wildman–Crippen MR) is 67.4 cm³/mol. The van der Waals surface area contributed by atoms with Gasteiger partial charge in [0.05, 0.1) is 5.56 Å². The van der Waals surface area contributed by atoms with Gasteiger partial charge in [0.1, 0.15) is 4.60 Å². The largest absolute Gasteiger partial charge is 0.351 e. The second-order valence-corrected chi connectivity index (χ2v) is 4.24. The van der Waals surface area contributed by atoms with Crippen LogP contribution in [0.1, 0.15) is 17.3 Å². The molecule has 0 radical (unpaired) electrons. The van der Waals surface area contributed by atoms with E-state index in [4.69, 9.17) is 0 Å². The molecule has 0 aliphatic carbocycles. The molecule has 0 aromatic carbocycles. The Hall–Kier alpha value is -0.940. The molecule has 0 bridgehead atoms. The van der Waals surface area contributed by atoms with Crippen molar-refractivity contribution in [3.05, 3.63) is 28.5 Å². The van der Waals surface area contributed by atoms with Crippen molar-refractivity contribution in [2.75, 3.05) is 26.7 Å². The Bertz CT molecular complexity index is 357. The van der Waals surface area contributed by atoms with E-state index in [9.17, 15) is 4.79 Å². The zero-order chi connectivity index (χ0) is 12.0. The van der Waals surface area contributed by atoms with E-state index in [1.54, 1.807) is 18.3 Å². The normalized spacial score (nSPS) is 10.5. The molecule has 88 valence electrons. The Balaban J connectivity index is 2.44. The number of nitrogens with one attached hydrogen (secondary N) is 1. The molecule has 1 amide bonds. The highest BCUT2D eigenvalue weighted by molar-refractivity contribution is 9.10. The summed E-state index contributed by atoms with van der Waals surface area (Å²) in [6, 6.07) is 3.49. The van der Waals surface area contributed by atoms with Crippen molar-refractivity contribution in [3.63, 3.8) is 0 Å². The SMILES string of the molecule is CCN(C)CCNC(=O)c1cccnc1Br. The molecule has 1 heterocycles. The third kappa shape index (κ3) is 3.90. The Kier molecular flexibility index (Phi) is 5.42. The van der Waals surface area contributed by atoms with Crippen LogP contribution in [-0.4, -0.2) is 42.5 Å². The first-order valence-electron chi connectivity index (χ1n) is 5.22. The average molecular weight is 286 g/mol. The first-order valence-corrected chi connectivity index (χ1v) is 6.01. The van der Waals surface area contributed by atoms with E-state index in [1.807, 2.05) is 7.05 Å². The monoisotopic (exact) mass is 285 g/mol. The maximum Gasteiger partial charge on any atom is 0.254 e. The maximum absolute atomic E-state index is 11.7. The smallest absolute Gasteiger partial charge is 0.254 e. The zero-order valence-electron chi connectivity index (χ0n) is 9.53. The van der Waals surface area contributed by atoms with Gasteiger partial charge >= 0.3 is 0 Å². The molecule has 0 saturated heterocycles. The topological polar surface area (TPSA) is 45.2 Å². The summed E-state index contributed by atoms with van der Waals surface area (Å²) in [5, 5.41) is 2.85. The van der Waals surface area contributed by atoms with Crippen molar-refractivity contribution < 1.29 is 4.79 Å². The number of hydrogen-bond donors (Lipinski definition) is 1.